The van der Waals surface area contributed by atoms with Gasteiger partial charge in [0.2, 0.25) is 5.91 Å². The molecule has 0 saturated heterocycles. The second-order valence-corrected chi connectivity index (χ2v) is 9.53. The predicted molar refractivity (Wildman–Crippen MR) is 145 cm³/mol. The highest BCUT2D eigenvalue weighted by molar-refractivity contribution is 6.02. The first-order valence-electron chi connectivity index (χ1n) is 12.6. The van der Waals surface area contributed by atoms with E-state index in [0.29, 0.717) is 54.1 Å². The van der Waals surface area contributed by atoms with Gasteiger partial charge in [0.1, 0.15) is 11.3 Å². The van der Waals surface area contributed by atoms with E-state index in [0.717, 1.165) is 22.9 Å². The number of nitriles is 1. The molecular weight excluding hydrogens is 496 g/mol. The Morgan fingerprint density at radius 1 is 1.18 bits per heavy atom. The number of carbonyl (C=O) groups is 2. The van der Waals surface area contributed by atoms with E-state index >= 15 is 0 Å². The third-order valence-corrected chi connectivity index (χ3v) is 6.77. The van der Waals surface area contributed by atoms with Gasteiger partial charge in [0.05, 0.1) is 31.5 Å². The number of rotatable bonds is 7. The van der Waals surface area contributed by atoms with Crippen LogP contribution in [-0.2, 0) is 11.3 Å². The van der Waals surface area contributed by atoms with Crippen molar-refractivity contribution in [3.8, 4) is 22.9 Å². The van der Waals surface area contributed by atoms with Crippen LogP contribution in [0.1, 0.15) is 34.5 Å². The van der Waals surface area contributed by atoms with Crippen molar-refractivity contribution in [2.45, 2.75) is 19.4 Å². The molecule has 1 aliphatic rings. The Morgan fingerprint density at radius 2 is 2.03 bits per heavy atom. The zero-order valence-corrected chi connectivity index (χ0v) is 22.0. The Morgan fingerprint density at radius 3 is 2.74 bits per heavy atom. The molecule has 2 aromatic heterocycles. The highest BCUT2D eigenvalue weighted by Crippen LogP contribution is 2.38. The molecule has 1 aliphatic heterocycles. The lowest BCUT2D eigenvalue weighted by atomic mass is 9.92. The fourth-order valence-electron chi connectivity index (χ4n) is 4.73. The molecule has 2 aromatic carbocycles. The number of amides is 2. The van der Waals surface area contributed by atoms with Gasteiger partial charge >= 0.3 is 0 Å². The molecule has 0 saturated carbocycles. The summed E-state index contributed by atoms with van der Waals surface area (Å²) in [6.45, 7) is 1.56. The molecule has 0 atom stereocenters. The summed E-state index contributed by atoms with van der Waals surface area (Å²) in [6.07, 6.45) is 6.52. The number of carbonyl (C=O) groups excluding carboxylic acids is 2. The molecule has 0 aliphatic carbocycles. The Balaban J connectivity index is 1.54. The molecule has 10 heteroatoms. The number of hydrogen-bond donors (Lipinski definition) is 0. The van der Waals surface area contributed by atoms with Crippen LogP contribution in [-0.4, -0.2) is 70.9 Å². The van der Waals surface area contributed by atoms with Crippen molar-refractivity contribution in [2.24, 2.45) is 0 Å². The monoisotopic (exact) mass is 524 g/mol. The minimum atomic E-state index is -0.255. The molecule has 0 radical (unpaired) electrons. The van der Waals surface area contributed by atoms with Crippen molar-refractivity contribution in [1.29, 1.82) is 5.26 Å². The van der Waals surface area contributed by atoms with E-state index in [-0.39, 0.29) is 17.6 Å². The number of fused-ring (bicyclic) bond motifs is 1. The van der Waals surface area contributed by atoms with Crippen LogP contribution in [0.4, 0.5) is 0 Å². The van der Waals surface area contributed by atoms with Crippen molar-refractivity contribution < 1.29 is 18.7 Å². The minimum Gasteiger partial charge on any atom is -0.497 e. The SMILES string of the molecule is COc1ccc(-c2cc(C3=CCCN(C(=O)CCn4ccnn4)C3)cc3cc(C(=O)N(C)C)oc23)c(C#N)c1. The van der Waals surface area contributed by atoms with Gasteiger partial charge < -0.3 is 19.0 Å². The number of benzene rings is 2. The highest BCUT2D eigenvalue weighted by atomic mass is 16.5. The predicted octanol–water partition coefficient (Wildman–Crippen LogP) is 3.98. The second kappa shape index (κ2) is 10.8. The zero-order chi connectivity index (χ0) is 27.5. The van der Waals surface area contributed by atoms with Gasteiger partial charge in [-0.15, -0.1) is 5.10 Å². The third-order valence-electron chi connectivity index (χ3n) is 6.77. The summed E-state index contributed by atoms with van der Waals surface area (Å²) in [5.74, 6) is 0.570. The van der Waals surface area contributed by atoms with E-state index < -0.39 is 0 Å². The standard InChI is InChI=1S/C29H28N6O4/c1-33(2)29(37)26-16-21-13-20(15-25(28(21)39-26)24-7-6-23(38-3)14-22(24)17-30)19-5-4-10-34(18-19)27(36)8-11-35-12-9-31-32-35/h5-7,9,12-16H,4,8,10-11,18H2,1-3H3. The average molecular weight is 525 g/mol. The largest absolute Gasteiger partial charge is 0.497 e. The van der Waals surface area contributed by atoms with Crippen LogP contribution in [0.3, 0.4) is 0 Å². The molecule has 4 aromatic rings. The molecule has 39 heavy (non-hydrogen) atoms. The van der Waals surface area contributed by atoms with Gasteiger partial charge in [-0.2, -0.15) is 5.26 Å². The number of furan rings is 1. The molecule has 198 valence electrons. The van der Waals surface area contributed by atoms with Crippen LogP contribution in [0.15, 0.2) is 59.3 Å². The second-order valence-electron chi connectivity index (χ2n) is 9.53. The quantitative estimate of drug-likeness (QED) is 0.359. The maximum Gasteiger partial charge on any atom is 0.289 e. The summed E-state index contributed by atoms with van der Waals surface area (Å²) >= 11 is 0. The lowest BCUT2D eigenvalue weighted by Crippen LogP contribution is -2.35. The molecule has 0 fully saturated rings. The Kier molecular flexibility index (Phi) is 7.14. The Labute approximate surface area is 225 Å². The van der Waals surface area contributed by atoms with Gasteiger partial charge in [-0.25, -0.2) is 0 Å². The van der Waals surface area contributed by atoms with Crippen LogP contribution < -0.4 is 4.74 Å². The Hall–Kier alpha value is -4.91. The number of aromatic nitrogens is 3. The number of ether oxygens (including phenoxy) is 1. The Bertz CT molecular complexity index is 1610. The molecule has 0 unspecified atom stereocenters. The summed E-state index contributed by atoms with van der Waals surface area (Å²) in [7, 11) is 4.88. The van der Waals surface area contributed by atoms with Crippen molar-refractivity contribution in [3.63, 3.8) is 0 Å². The molecule has 0 N–H and O–H groups in total. The fraction of sp³-hybridized carbons (Fsp3) is 0.276. The van der Waals surface area contributed by atoms with E-state index in [9.17, 15) is 14.9 Å². The van der Waals surface area contributed by atoms with Crippen LogP contribution in [0.25, 0.3) is 27.7 Å². The summed E-state index contributed by atoms with van der Waals surface area (Å²) in [4.78, 5) is 29.0. The summed E-state index contributed by atoms with van der Waals surface area (Å²) < 4.78 is 13.0. The number of aryl methyl sites for hydroxylation is 1. The van der Waals surface area contributed by atoms with Gasteiger partial charge in [-0.1, -0.05) is 11.3 Å². The topological polar surface area (TPSA) is 117 Å². The molecule has 3 heterocycles. The molecule has 5 rings (SSSR count). The van der Waals surface area contributed by atoms with Crippen LogP contribution in [0.2, 0.25) is 0 Å². The highest BCUT2D eigenvalue weighted by Gasteiger charge is 2.23. The maximum absolute atomic E-state index is 13.0. The van der Waals surface area contributed by atoms with Crippen molar-refractivity contribution in [3.05, 3.63) is 71.8 Å². The van der Waals surface area contributed by atoms with E-state index in [2.05, 4.69) is 22.5 Å². The average Bonchev–Trinajstić information content (AvgIpc) is 3.64. The van der Waals surface area contributed by atoms with E-state index in [4.69, 9.17) is 9.15 Å². The molecular formula is C29H28N6O4. The minimum absolute atomic E-state index is 0.0431. The van der Waals surface area contributed by atoms with E-state index in [1.165, 1.54) is 4.90 Å². The zero-order valence-electron chi connectivity index (χ0n) is 22.0. The van der Waals surface area contributed by atoms with E-state index in [1.54, 1.807) is 56.5 Å². The molecule has 2 amide bonds. The van der Waals surface area contributed by atoms with Gasteiger partial charge in [0.15, 0.2) is 5.76 Å². The maximum atomic E-state index is 13.0. The van der Waals surface area contributed by atoms with Gasteiger partial charge in [-0.3, -0.25) is 14.3 Å². The van der Waals surface area contributed by atoms with Crippen molar-refractivity contribution in [1.82, 2.24) is 24.8 Å². The molecule has 10 nitrogen and oxygen atoms in total. The number of methoxy groups -OCH3 is 1. The summed E-state index contributed by atoms with van der Waals surface area (Å²) in [5, 5.41) is 18.4. The van der Waals surface area contributed by atoms with Gasteiger partial charge in [0, 0.05) is 56.3 Å². The van der Waals surface area contributed by atoms with Crippen LogP contribution in [0, 0.1) is 11.3 Å². The lowest BCUT2D eigenvalue weighted by molar-refractivity contribution is -0.131. The van der Waals surface area contributed by atoms with Crippen molar-refractivity contribution in [2.75, 3.05) is 34.3 Å². The lowest BCUT2D eigenvalue weighted by Gasteiger charge is -2.28. The normalized spacial score (nSPS) is 13.2. The first kappa shape index (κ1) is 25.7. The smallest absolute Gasteiger partial charge is 0.289 e. The summed E-state index contributed by atoms with van der Waals surface area (Å²) in [6, 6.07) is 13.2. The first-order chi connectivity index (χ1) is 18.9. The fourth-order valence-corrected chi connectivity index (χ4v) is 4.73. The van der Waals surface area contributed by atoms with Crippen molar-refractivity contribution >= 4 is 28.4 Å². The summed E-state index contributed by atoms with van der Waals surface area (Å²) in [5.41, 5.74) is 4.19. The molecule has 0 spiro atoms. The van der Waals surface area contributed by atoms with Gasteiger partial charge in [0.25, 0.3) is 5.91 Å². The van der Waals surface area contributed by atoms with Crippen LogP contribution in [0.5, 0.6) is 5.75 Å². The van der Waals surface area contributed by atoms with Gasteiger partial charge in [-0.05, 0) is 54.0 Å². The molecule has 0 bridgehead atoms. The number of hydrogen-bond acceptors (Lipinski definition) is 7. The first-order valence-corrected chi connectivity index (χ1v) is 12.6. The van der Waals surface area contributed by atoms with E-state index in [1.807, 2.05) is 23.1 Å². The van der Waals surface area contributed by atoms with Crippen LogP contribution >= 0.6 is 0 Å². The third kappa shape index (κ3) is 5.25. The number of nitrogens with zero attached hydrogens (tertiary/aromatic N) is 6.